The molecule has 3 nitrogen and oxygen atoms in total. The van der Waals surface area contributed by atoms with Crippen LogP contribution >= 0.6 is 0 Å². The molecule has 0 bridgehead atoms. The van der Waals surface area contributed by atoms with E-state index < -0.39 is 9.84 Å². The van der Waals surface area contributed by atoms with Crippen molar-refractivity contribution in [3.63, 3.8) is 0 Å². The zero-order valence-corrected chi connectivity index (χ0v) is 14.0. The van der Waals surface area contributed by atoms with Gasteiger partial charge in [0.05, 0.1) is 11.0 Å². The Morgan fingerprint density at radius 1 is 1.05 bits per heavy atom. The van der Waals surface area contributed by atoms with Crippen LogP contribution in [0.1, 0.15) is 57.2 Å². The molecule has 1 aromatic rings. The van der Waals surface area contributed by atoms with E-state index in [1.807, 2.05) is 26.1 Å². The molecule has 114 valence electrons. The monoisotopic (exact) mass is 297 g/mol. The van der Waals surface area contributed by atoms with Gasteiger partial charge in [0, 0.05) is 6.04 Å². The topological polar surface area (TPSA) is 46.2 Å². The van der Waals surface area contributed by atoms with Gasteiger partial charge in [-0.1, -0.05) is 45.0 Å². The van der Waals surface area contributed by atoms with Crippen molar-refractivity contribution in [3.05, 3.63) is 35.4 Å². The van der Waals surface area contributed by atoms with Crippen LogP contribution in [0.25, 0.3) is 0 Å². The van der Waals surface area contributed by atoms with E-state index in [9.17, 15) is 8.42 Å². The minimum atomic E-state index is -3.06. The Morgan fingerprint density at radius 3 is 1.95 bits per heavy atom. The molecule has 0 aromatic heterocycles. The maximum absolute atomic E-state index is 12.2. The van der Waals surface area contributed by atoms with E-state index in [2.05, 4.69) is 31.3 Å². The first kappa shape index (κ1) is 17.2. The molecule has 0 spiro atoms. The smallest absolute Gasteiger partial charge is 0.154 e. The molecular formula is C16H27NO2S. The number of rotatable bonds is 7. The summed E-state index contributed by atoms with van der Waals surface area (Å²) in [6.07, 6.45) is 0.658. The molecule has 0 radical (unpaired) electrons. The molecule has 20 heavy (non-hydrogen) atoms. The van der Waals surface area contributed by atoms with Crippen molar-refractivity contribution < 1.29 is 8.42 Å². The molecule has 0 saturated carbocycles. The van der Waals surface area contributed by atoms with Crippen molar-refractivity contribution in [3.8, 4) is 0 Å². The van der Waals surface area contributed by atoms with Crippen LogP contribution < -0.4 is 5.32 Å². The van der Waals surface area contributed by atoms with E-state index in [-0.39, 0.29) is 17.0 Å². The minimum absolute atomic E-state index is 0.143. The maximum Gasteiger partial charge on any atom is 0.154 e. The van der Waals surface area contributed by atoms with Crippen molar-refractivity contribution in [2.75, 3.05) is 12.8 Å². The Kier molecular flexibility index (Phi) is 6.21. The van der Waals surface area contributed by atoms with Crippen molar-refractivity contribution in [2.24, 2.45) is 0 Å². The fraction of sp³-hybridized carbons (Fsp3) is 0.625. The molecule has 2 atom stereocenters. The summed E-state index contributed by atoms with van der Waals surface area (Å²) in [6, 6.07) is 8.08. The van der Waals surface area contributed by atoms with Gasteiger partial charge in [-0.15, -0.1) is 0 Å². The van der Waals surface area contributed by atoms with E-state index in [4.69, 9.17) is 0 Å². The second-order valence-electron chi connectivity index (χ2n) is 5.71. The first-order valence-electron chi connectivity index (χ1n) is 7.30. The van der Waals surface area contributed by atoms with E-state index in [1.54, 1.807) is 6.92 Å². The van der Waals surface area contributed by atoms with Crippen LogP contribution in [0.15, 0.2) is 24.3 Å². The third-order valence-electron chi connectivity index (χ3n) is 3.94. The zero-order valence-electron chi connectivity index (χ0n) is 13.2. The van der Waals surface area contributed by atoms with Gasteiger partial charge in [-0.05, 0) is 37.4 Å². The fourth-order valence-corrected chi connectivity index (χ4v) is 3.77. The summed E-state index contributed by atoms with van der Waals surface area (Å²) in [5.41, 5.74) is 2.30. The van der Waals surface area contributed by atoms with Gasteiger partial charge in [-0.2, -0.15) is 0 Å². The number of sulfone groups is 1. The van der Waals surface area contributed by atoms with Gasteiger partial charge in [-0.25, -0.2) is 8.42 Å². The highest BCUT2D eigenvalue weighted by Gasteiger charge is 2.24. The Bertz CT molecular complexity index is 506. The average molecular weight is 297 g/mol. The van der Waals surface area contributed by atoms with Crippen LogP contribution in [-0.4, -0.2) is 26.5 Å². The van der Waals surface area contributed by atoms with E-state index in [1.165, 1.54) is 5.56 Å². The summed E-state index contributed by atoms with van der Waals surface area (Å²) in [5, 5.41) is 2.84. The SMILES string of the molecule is CCC(C)S(=O)(=O)CC(NC)c1ccc(C(C)C)cc1. The summed E-state index contributed by atoms with van der Waals surface area (Å²) < 4.78 is 24.5. The fourth-order valence-electron chi connectivity index (χ4n) is 2.11. The lowest BCUT2D eigenvalue weighted by Gasteiger charge is -2.20. The molecule has 4 heteroatoms. The lowest BCUT2D eigenvalue weighted by molar-refractivity contribution is 0.561. The Balaban J connectivity index is 2.91. The van der Waals surface area contributed by atoms with Gasteiger partial charge in [0.15, 0.2) is 9.84 Å². The van der Waals surface area contributed by atoms with Crippen LogP contribution in [0.2, 0.25) is 0 Å². The lowest BCUT2D eigenvalue weighted by atomic mass is 10.00. The summed E-state index contributed by atoms with van der Waals surface area (Å²) in [5.74, 6) is 0.639. The summed E-state index contributed by atoms with van der Waals surface area (Å²) in [7, 11) is -1.25. The molecule has 0 aliphatic heterocycles. The molecule has 0 heterocycles. The molecule has 0 saturated heterocycles. The van der Waals surface area contributed by atoms with Crippen LogP contribution in [0.4, 0.5) is 0 Å². The normalized spacial score (nSPS) is 15.3. The molecule has 1 aromatic carbocycles. The number of hydrogen-bond acceptors (Lipinski definition) is 3. The Morgan fingerprint density at radius 2 is 1.55 bits per heavy atom. The third-order valence-corrected chi connectivity index (χ3v) is 6.30. The first-order chi connectivity index (χ1) is 9.31. The van der Waals surface area contributed by atoms with Crippen molar-refractivity contribution in [1.29, 1.82) is 0 Å². The molecular weight excluding hydrogens is 270 g/mol. The summed E-state index contributed by atoms with van der Waals surface area (Å²) in [6.45, 7) is 7.99. The second-order valence-corrected chi connectivity index (χ2v) is 8.17. The van der Waals surface area contributed by atoms with Gasteiger partial charge >= 0.3 is 0 Å². The van der Waals surface area contributed by atoms with Crippen LogP contribution in [0.3, 0.4) is 0 Å². The number of nitrogens with one attached hydrogen (secondary N) is 1. The third kappa shape index (κ3) is 4.32. The molecule has 1 rings (SSSR count). The second kappa shape index (κ2) is 7.23. The largest absolute Gasteiger partial charge is 0.312 e. The summed E-state index contributed by atoms with van der Waals surface area (Å²) in [4.78, 5) is 0. The van der Waals surface area contributed by atoms with Gasteiger partial charge in [0.1, 0.15) is 0 Å². The Hall–Kier alpha value is -0.870. The highest BCUT2D eigenvalue weighted by molar-refractivity contribution is 7.92. The van der Waals surface area contributed by atoms with Crippen LogP contribution in [0, 0.1) is 0 Å². The van der Waals surface area contributed by atoms with Gasteiger partial charge in [0.2, 0.25) is 0 Å². The quantitative estimate of drug-likeness (QED) is 0.840. The molecule has 2 unspecified atom stereocenters. The van der Waals surface area contributed by atoms with Crippen molar-refractivity contribution in [1.82, 2.24) is 5.32 Å². The summed E-state index contributed by atoms with van der Waals surface area (Å²) >= 11 is 0. The van der Waals surface area contributed by atoms with Gasteiger partial charge in [0.25, 0.3) is 0 Å². The average Bonchev–Trinajstić information content (AvgIpc) is 2.43. The molecule has 0 fully saturated rings. The Labute approximate surface area is 123 Å². The van der Waals surface area contributed by atoms with Crippen molar-refractivity contribution in [2.45, 2.75) is 51.3 Å². The number of benzene rings is 1. The zero-order chi connectivity index (χ0) is 15.3. The first-order valence-corrected chi connectivity index (χ1v) is 9.02. The molecule has 0 aliphatic carbocycles. The van der Waals surface area contributed by atoms with E-state index in [0.717, 1.165) is 5.56 Å². The highest BCUT2D eigenvalue weighted by atomic mass is 32.2. The van der Waals surface area contributed by atoms with E-state index in [0.29, 0.717) is 12.3 Å². The number of hydrogen-bond donors (Lipinski definition) is 1. The highest BCUT2D eigenvalue weighted by Crippen LogP contribution is 2.21. The predicted molar refractivity (Wildman–Crippen MR) is 85.9 cm³/mol. The molecule has 1 N–H and O–H groups in total. The molecule has 0 aliphatic rings. The van der Waals surface area contributed by atoms with Gasteiger partial charge in [-0.3, -0.25) is 0 Å². The lowest BCUT2D eigenvalue weighted by Crippen LogP contribution is -2.30. The van der Waals surface area contributed by atoms with Crippen molar-refractivity contribution >= 4 is 9.84 Å². The van der Waals surface area contributed by atoms with Crippen LogP contribution in [-0.2, 0) is 9.84 Å². The van der Waals surface area contributed by atoms with E-state index >= 15 is 0 Å². The maximum atomic E-state index is 12.2. The predicted octanol–water partition coefficient (Wildman–Crippen LogP) is 3.28. The minimum Gasteiger partial charge on any atom is -0.312 e. The standard InChI is InChI=1S/C16H27NO2S/c1-6-13(4)20(18,19)11-16(17-5)15-9-7-14(8-10-15)12(2)3/h7-10,12-13,16-17H,6,11H2,1-5H3. The van der Waals surface area contributed by atoms with Crippen LogP contribution in [0.5, 0.6) is 0 Å². The molecule has 0 amide bonds. The van der Waals surface area contributed by atoms with Gasteiger partial charge < -0.3 is 5.32 Å².